The van der Waals surface area contributed by atoms with Gasteiger partial charge in [-0.1, -0.05) is 30.3 Å². The molecule has 5 nitrogen and oxygen atoms in total. The number of halogens is 1. The summed E-state index contributed by atoms with van der Waals surface area (Å²) in [5.74, 6) is -0.151. The lowest BCUT2D eigenvalue weighted by molar-refractivity contribution is 0.0466. The standard InChI is InChI=1S/C21H20FNO4/c1-14(12-22)27-18-10-16(9-17(24)11-18)19-7-8-20(23-19)21(25)26-13-15-5-3-2-4-6-15/h2-11,14,23-24H,12-13H2,1H3/t14-/m0/s1. The van der Waals surface area contributed by atoms with E-state index in [-0.39, 0.29) is 12.4 Å². The molecule has 0 saturated carbocycles. The fourth-order valence-corrected chi connectivity index (χ4v) is 2.55. The Balaban J connectivity index is 1.72. The van der Waals surface area contributed by atoms with E-state index < -0.39 is 18.7 Å². The monoisotopic (exact) mass is 369 g/mol. The molecule has 3 aromatic rings. The zero-order valence-corrected chi connectivity index (χ0v) is 14.8. The maximum Gasteiger partial charge on any atom is 0.355 e. The number of phenols is 1. The van der Waals surface area contributed by atoms with Gasteiger partial charge in [-0.2, -0.15) is 0 Å². The molecule has 0 aliphatic heterocycles. The zero-order chi connectivity index (χ0) is 19.2. The van der Waals surface area contributed by atoms with Crippen molar-refractivity contribution in [1.82, 2.24) is 4.98 Å². The molecule has 6 heteroatoms. The van der Waals surface area contributed by atoms with E-state index in [2.05, 4.69) is 4.98 Å². The van der Waals surface area contributed by atoms with Crippen molar-refractivity contribution in [3.05, 3.63) is 71.9 Å². The third-order valence-corrected chi connectivity index (χ3v) is 3.88. The van der Waals surface area contributed by atoms with Gasteiger partial charge in [-0.25, -0.2) is 9.18 Å². The van der Waals surface area contributed by atoms with E-state index in [9.17, 15) is 14.3 Å². The first-order valence-electron chi connectivity index (χ1n) is 8.52. The molecule has 0 aliphatic carbocycles. The molecule has 2 N–H and O–H groups in total. The number of carbonyl (C=O) groups excluding carboxylic acids is 1. The molecule has 0 saturated heterocycles. The van der Waals surface area contributed by atoms with Gasteiger partial charge in [-0.3, -0.25) is 0 Å². The number of ether oxygens (including phenoxy) is 2. The summed E-state index contributed by atoms with van der Waals surface area (Å²) >= 11 is 0. The van der Waals surface area contributed by atoms with Crippen molar-refractivity contribution < 1.29 is 23.8 Å². The van der Waals surface area contributed by atoms with Gasteiger partial charge in [0, 0.05) is 17.3 Å². The van der Waals surface area contributed by atoms with Gasteiger partial charge in [-0.15, -0.1) is 0 Å². The quantitative estimate of drug-likeness (QED) is 0.602. The van der Waals surface area contributed by atoms with Gasteiger partial charge in [-0.05, 0) is 36.8 Å². The van der Waals surface area contributed by atoms with E-state index in [0.717, 1.165) is 5.56 Å². The minimum absolute atomic E-state index is 0.0173. The van der Waals surface area contributed by atoms with Crippen molar-refractivity contribution in [2.45, 2.75) is 19.6 Å². The molecule has 2 aromatic carbocycles. The summed E-state index contributed by atoms with van der Waals surface area (Å²) in [6, 6.07) is 17.3. The lowest BCUT2D eigenvalue weighted by atomic mass is 10.1. The van der Waals surface area contributed by atoms with Crippen LogP contribution in [-0.2, 0) is 11.3 Å². The average molecular weight is 369 g/mol. The Labute approximate surface area is 156 Å². The van der Waals surface area contributed by atoms with Crippen LogP contribution in [0.1, 0.15) is 23.0 Å². The van der Waals surface area contributed by atoms with Crippen molar-refractivity contribution in [1.29, 1.82) is 0 Å². The summed E-state index contributed by atoms with van der Waals surface area (Å²) in [4.78, 5) is 15.2. The van der Waals surface area contributed by atoms with Gasteiger partial charge in [0.15, 0.2) is 0 Å². The van der Waals surface area contributed by atoms with Gasteiger partial charge >= 0.3 is 5.97 Å². The SMILES string of the molecule is C[C@@H](CF)Oc1cc(O)cc(-c2ccc(C(=O)OCc3ccccc3)[nH]2)c1. The number of rotatable bonds is 7. The number of nitrogens with one attached hydrogen (secondary N) is 1. The van der Waals surface area contributed by atoms with Crippen molar-refractivity contribution in [3.63, 3.8) is 0 Å². The van der Waals surface area contributed by atoms with Crippen LogP contribution in [0.25, 0.3) is 11.3 Å². The second kappa shape index (κ2) is 8.40. The zero-order valence-electron chi connectivity index (χ0n) is 14.8. The summed E-state index contributed by atoms with van der Waals surface area (Å²) in [6.07, 6.45) is -0.619. The highest BCUT2D eigenvalue weighted by Crippen LogP contribution is 2.29. The molecule has 0 amide bonds. The van der Waals surface area contributed by atoms with Crippen molar-refractivity contribution in [2.75, 3.05) is 6.67 Å². The number of carbonyl (C=O) groups is 1. The third kappa shape index (κ3) is 4.88. The van der Waals surface area contributed by atoms with Gasteiger partial charge in [0.25, 0.3) is 0 Å². The summed E-state index contributed by atoms with van der Waals surface area (Å²) in [5.41, 5.74) is 2.41. The Morgan fingerprint density at radius 2 is 1.93 bits per heavy atom. The van der Waals surface area contributed by atoms with Gasteiger partial charge in [0.05, 0.1) is 0 Å². The largest absolute Gasteiger partial charge is 0.508 e. The molecule has 140 valence electrons. The number of hydrogen-bond acceptors (Lipinski definition) is 4. The Kier molecular flexibility index (Phi) is 5.76. The minimum Gasteiger partial charge on any atom is -0.508 e. The van der Waals surface area contributed by atoms with Crippen LogP contribution in [0.5, 0.6) is 11.5 Å². The number of aromatic hydroxyl groups is 1. The number of H-pyrrole nitrogens is 1. The van der Waals surface area contributed by atoms with E-state index in [1.807, 2.05) is 30.3 Å². The maximum atomic E-state index is 12.6. The highest BCUT2D eigenvalue weighted by Gasteiger charge is 2.13. The Hall–Kier alpha value is -3.28. The Morgan fingerprint density at radius 3 is 2.67 bits per heavy atom. The van der Waals surface area contributed by atoms with Crippen molar-refractivity contribution in [3.8, 4) is 22.8 Å². The molecule has 0 bridgehead atoms. The first-order chi connectivity index (χ1) is 13.0. The van der Waals surface area contributed by atoms with Gasteiger partial charge in [0.1, 0.15) is 36.6 Å². The number of aromatic amines is 1. The van der Waals surface area contributed by atoms with Crippen LogP contribution < -0.4 is 4.74 Å². The summed E-state index contributed by atoms with van der Waals surface area (Å²) < 4.78 is 23.3. The normalized spacial score (nSPS) is 11.8. The van der Waals surface area contributed by atoms with Crippen LogP contribution in [-0.4, -0.2) is 28.8 Å². The lowest BCUT2D eigenvalue weighted by Gasteiger charge is -2.12. The second-order valence-electron chi connectivity index (χ2n) is 6.15. The van der Waals surface area contributed by atoms with E-state index in [1.54, 1.807) is 25.1 Å². The van der Waals surface area contributed by atoms with Gasteiger partial charge in [0.2, 0.25) is 0 Å². The molecular weight excluding hydrogens is 349 g/mol. The smallest absolute Gasteiger partial charge is 0.355 e. The molecule has 1 heterocycles. The highest BCUT2D eigenvalue weighted by atomic mass is 19.1. The Morgan fingerprint density at radius 1 is 1.15 bits per heavy atom. The van der Waals surface area contributed by atoms with Crippen LogP contribution in [0.3, 0.4) is 0 Å². The van der Waals surface area contributed by atoms with Crippen LogP contribution in [0.2, 0.25) is 0 Å². The third-order valence-electron chi connectivity index (χ3n) is 3.88. The van der Waals surface area contributed by atoms with Crippen LogP contribution in [0.15, 0.2) is 60.7 Å². The fraction of sp³-hybridized carbons (Fsp3) is 0.190. The first kappa shape index (κ1) is 18.5. The van der Waals surface area contributed by atoms with E-state index in [1.165, 1.54) is 12.1 Å². The Bertz CT molecular complexity index is 908. The number of aromatic nitrogens is 1. The average Bonchev–Trinajstić information content (AvgIpc) is 3.17. The van der Waals surface area contributed by atoms with E-state index in [4.69, 9.17) is 9.47 Å². The van der Waals surface area contributed by atoms with Crippen LogP contribution in [0, 0.1) is 0 Å². The first-order valence-corrected chi connectivity index (χ1v) is 8.52. The lowest BCUT2D eigenvalue weighted by Crippen LogP contribution is -2.13. The number of esters is 1. The summed E-state index contributed by atoms with van der Waals surface area (Å²) in [7, 11) is 0. The molecule has 1 aromatic heterocycles. The fourth-order valence-electron chi connectivity index (χ4n) is 2.55. The van der Waals surface area contributed by atoms with Crippen molar-refractivity contribution >= 4 is 5.97 Å². The highest BCUT2D eigenvalue weighted by molar-refractivity contribution is 5.88. The minimum atomic E-state index is -0.634. The number of benzene rings is 2. The van der Waals surface area contributed by atoms with Crippen LogP contribution >= 0.6 is 0 Å². The number of phenolic OH excluding ortho intramolecular Hbond substituents is 1. The molecule has 3 rings (SSSR count). The molecule has 0 aliphatic rings. The van der Waals surface area contributed by atoms with E-state index >= 15 is 0 Å². The molecule has 27 heavy (non-hydrogen) atoms. The predicted octanol–water partition coefficient (Wildman–Crippen LogP) is 4.48. The molecule has 1 atom stereocenters. The predicted molar refractivity (Wildman–Crippen MR) is 99.5 cm³/mol. The number of hydrogen-bond donors (Lipinski definition) is 2. The molecule has 0 fully saturated rings. The van der Waals surface area contributed by atoms with Crippen molar-refractivity contribution in [2.24, 2.45) is 0 Å². The topological polar surface area (TPSA) is 71.6 Å². The second-order valence-corrected chi connectivity index (χ2v) is 6.15. The molecule has 0 spiro atoms. The number of alkyl halides is 1. The summed E-state index contributed by atoms with van der Waals surface area (Å²) in [5, 5.41) is 9.89. The molecule has 0 unspecified atom stereocenters. The summed E-state index contributed by atoms with van der Waals surface area (Å²) in [6.45, 7) is 1.14. The maximum absolute atomic E-state index is 12.6. The molecule has 0 radical (unpaired) electrons. The van der Waals surface area contributed by atoms with Gasteiger partial charge < -0.3 is 19.6 Å². The van der Waals surface area contributed by atoms with E-state index in [0.29, 0.717) is 22.7 Å². The molecular formula is C21H20FNO4. The van der Waals surface area contributed by atoms with Crippen LogP contribution in [0.4, 0.5) is 4.39 Å².